The lowest BCUT2D eigenvalue weighted by Crippen LogP contribution is -2.33. The minimum absolute atomic E-state index is 0.0310. The molecule has 18 heavy (non-hydrogen) atoms. The van der Waals surface area contributed by atoms with E-state index in [1.165, 1.54) is 19.3 Å². The molecule has 2 heterocycles. The van der Waals surface area contributed by atoms with E-state index in [4.69, 9.17) is 5.73 Å². The molecule has 0 saturated carbocycles. The molecule has 1 fully saturated rings. The summed E-state index contributed by atoms with van der Waals surface area (Å²) in [5.74, 6) is 1.08. The molecule has 5 nitrogen and oxygen atoms in total. The van der Waals surface area contributed by atoms with Gasteiger partial charge in [-0.25, -0.2) is 0 Å². The molecule has 0 bridgehead atoms. The largest absolute Gasteiger partial charge is 0.369 e. The van der Waals surface area contributed by atoms with E-state index in [1.807, 2.05) is 0 Å². The van der Waals surface area contributed by atoms with Crippen molar-refractivity contribution < 1.29 is 0 Å². The van der Waals surface area contributed by atoms with Crippen molar-refractivity contribution in [3.63, 3.8) is 0 Å². The maximum Gasteiger partial charge on any atom is 0.256 e. The normalized spacial score (nSPS) is 15.9. The molecule has 0 unspecified atom stereocenters. The molecule has 5 heteroatoms. The first-order valence-electron chi connectivity index (χ1n) is 6.84. The van der Waals surface area contributed by atoms with E-state index >= 15 is 0 Å². The Balaban J connectivity index is 2.21. The number of unbranched alkanes of at least 4 members (excludes halogenated alkanes) is 1. The van der Waals surface area contributed by atoms with E-state index in [0.29, 0.717) is 12.5 Å². The molecule has 1 aromatic rings. The van der Waals surface area contributed by atoms with Crippen molar-refractivity contribution in [1.82, 2.24) is 9.55 Å². The van der Waals surface area contributed by atoms with Crippen LogP contribution in [0.3, 0.4) is 0 Å². The van der Waals surface area contributed by atoms with Crippen molar-refractivity contribution in [2.24, 2.45) is 0 Å². The Labute approximate surface area is 108 Å². The van der Waals surface area contributed by atoms with Gasteiger partial charge in [0.1, 0.15) is 5.82 Å². The summed E-state index contributed by atoms with van der Waals surface area (Å²) >= 11 is 0. The summed E-state index contributed by atoms with van der Waals surface area (Å²) in [5, 5.41) is 0. The van der Waals surface area contributed by atoms with Crippen molar-refractivity contribution in [3.8, 4) is 0 Å². The third-order valence-corrected chi connectivity index (χ3v) is 3.44. The molecule has 1 aliphatic heterocycles. The second-order valence-corrected chi connectivity index (χ2v) is 4.86. The smallest absolute Gasteiger partial charge is 0.256 e. The number of hydrogen-bond donors (Lipinski definition) is 1. The fraction of sp³-hybridized carbons (Fsp3) is 0.692. The van der Waals surface area contributed by atoms with Gasteiger partial charge >= 0.3 is 0 Å². The number of nitrogens with zero attached hydrogens (tertiary/aromatic N) is 3. The molecule has 1 aliphatic rings. The summed E-state index contributed by atoms with van der Waals surface area (Å²) in [7, 11) is 0. The van der Waals surface area contributed by atoms with Gasteiger partial charge in [0.2, 0.25) is 5.95 Å². The molecule has 100 valence electrons. The molecule has 2 rings (SSSR count). The van der Waals surface area contributed by atoms with E-state index < -0.39 is 0 Å². The molecular weight excluding hydrogens is 228 g/mol. The summed E-state index contributed by atoms with van der Waals surface area (Å²) in [6.45, 7) is 4.71. The average Bonchev–Trinajstić information content (AvgIpc) is 2.39. The molecule has 0 atom stereocenters. The van der Waals surface area contributed by atoms with Crippen LogP contribution in [0, 0.1) is 0 Å². The van der Waals surface area contributed by atoms with Crippen LogP contribution < -0.4 is 16.2 Å². The van der Waals surface area contributed by atoms with Crippen molar-refractivity contribution in [1.29, 1.82) is 0 Å². The molecule has 0 spiro atoms. The Bertz CT molecular complexity index is 449. The van der Waals surface area contributed by atoms with Gasteiger partial charge in [-0.1, -0.05) is 13.3 Å². The summed E-state index contributed by atoms with van der Waals surface area (Å²) < 4.78 is 1.57. The highest BCUT2D eigenvalue weighted by Crippen LogP contribution is 2.17. The number of nitrogens with two attached hydrogens (primary N) is 1. The highest BCUT2D eigenvalue weighted by atomic mass is 16.1. The van der Waals surface area contributed by atoms with E-state index in [-0.39, 0.29) is 5.56 Å². The Kier molecular flexibility index (Phi) is 4.23. The van der Waals surface area contributed by atoms with Gasteiger partial charge in [0.25, 0.3) is 5.56 Å². The number of aromatic nitrogens is 2. The fourth-order valence-corrected chi connectivity index (χ4v) is 2.34. The Hall–Kier alpha value is -1.52. The second-order valence-electron chi connectivity index (χ2n) is 4.86. The average molecular weight is 250 g/mol. The zero-order chi connectivity index (χ0) is 13.0. The van der Waals surface area contributed by atoms with Gasteiger partial charge in [0.05, 0.1) is 0 Å². The molecular formula is C13H22N4O. The van der Waals surface area contributed by atoms with Crippen LogP contribution >= 0.6 is 0 Å². The topological polar surface area (TPSA) is 64.2 Å². The van der Waals surface area contributed by atoms with E-state index in [0.717, 1.165) is 31.7 Å². The first-order valence-corrected chi connectivity index (χ1v) is 6.84. The van der Waals surface area contributed by atoms with Crippen LogP contribution in [0.1, 0.15) is 39.0 Å². The number of anilines is 2. The van der Waals surface area contributed by atoms with Gasteiger partial charge in [0.15, 0.2) is 0 Å². The zero-order valence-corrected chi connectivity index (χ0v) is 11.1. The molecule has 2 N–H and O–H groups in total. The van der Waals surface area contributed by atoms with Gasteiger partial charge in [-0.3, -0.25) is 9.36 Å². The molecule has 0 aromatic carbocycles. The van der Waals surface area contributed by atoms with Crippen molar-refractivity contribution in [2.75, 3.05) is 23.7 Å². The highest BCUT2D eigenvalue weighted by molar-refractivity contribution is 5.41. The van der Waals surface area contributed by atoms with Crippen LogP contribution in [0.15, 0.2) is 10.9 Å². The van der Waals surface area contributed by atoms with Crippen LogP contribution in [-0.4, -0.2) is 22.6 Å². The fourth-order valence-electron chi connectivity index (χ4n) is 2.34. The third kappa shape index (κ3) is 2.83. The van der Waals surface area contributed by atoms with Gasteiger partial charge in [0, 0.05) is 25.7 Å². The summed E-state index contributed by atoms with van der Waals surface area (Å²) in [4.78, 5) is 18.6. The molecule has 1 saturated heterocycles. The van der Waals surface area contributed by atoms with Crippen LogP contribution in [0.4, 0.5) is 11.8 Å². The van der Waals surface area contributed by atoms with Crippen LogP contribution in [0.5, 0.6) is 0 Å². The lowest BCUT2D eigenvalue weighted by atomic mass is 10.1. The summed E-state index contributed by atoms with van der Waals surface area (Å²) in [6, 6.07) is 1.62. The molecule has 1 aromatic heterocycles. The van der Waals surface area contributed by atoms with E-state index in [1.54, 1.807) is 10.6 Å². The minimum atomic E-state index is -0.0310. The lowest BCUT2D eigenvalue weighted by Gasteiger charge is -2.27. The van der Waals surface area contributed by atoms with Gasteiger partial charge in [-0.05, 0) is 25.7 Å². The maximum atomic E-state index is 12.0. The summed E-state index contributed by atoms with van der Waals surface area (Å²) in [6.07, 6.45) is 5.59. The standard InChI is InChI=1S/C13H22N4O/c1-2-3-9-17-12(18)10-11(15-13(17)14)16-7-5-4-6-8-16/h10H,2-9H2,1H3,(H2,14,15). The molecule has 0 amide bonds. The predicted octanol–water partition coefficient (Wildman–Crippen LogP) is 1.62. The van der Waals surface area contributed by atoms with E-state index in [2.05, 4.69) is 16.8 Å². The predicted molar refractivity (Wildman–Crippen MR) is 73.9 cm³/mol. The lowest BCUT2D eigenvalue weighted by molar-refractivity contribution is 0.567. The van der Waals surface area contributed by atoms with Gasteiger partial charge < -0.3 is 10.6 Å². The third-order valence-electron chi connectivity index (χ3n) is 3.44. The Morgan fingerprint density at radius 2 is 2.06 bits per heavy atom. The van der Waals surface area contributed by atoms with E-state index in [9.17, 15) is 4.79 Å². The van der Waals surface area contributed by atoms with Gasteiger partial charge in [-0.15, -0.1) is 0 Å². The number of hydrogen-bond acceptors (Lipinski definition) is 4. The van der Waals surface area contributed by atoms with Crippen molar-refractivity contribution >= 4 is 11.8 Å². The Morgan fingerprint density at radius 3 is 2.67 bits per heavy atom. The van der Waals surface area contributed by atoms with Crippen molar-refractivity contribution in [2.45, 2.75) is 45.6 Å². The molecule has 0 radical (unpaired) electrons. The second kappa shape index (κ2) is 5.89. The SMILES string of the molecule is CCCCn1c(N)nc(N2CCCCC2)cc1=O. The highest BCUT2D eigenvalue weighted by Gasteiger charge is 2.14. The number of nitrogen functional groups attached to an aromatic ring is 1. The number of piperidine rings is 1. The van der Waals surface area contributed by atoms with Gasteiger partial charge in [-0.2, -0.15) is 4.98 Å². The van der Waals surface area contributed by atoms with Crippen molar-refractivity contribution in [3.05, 3.63) is 16.4 Å². The number of rotatable bonds is 4. The minimum Gasteiger partial charge on any atom is -0.369 e. The van der Waals surface area contributed by atoms with Crippen LogP contribution in [-0.2, 0) is 6.54 Å². The first-order chi connectivity index (χ1) is 8.72. The first kappa shape index (κ1) is 12.9. The zero-order valence-electron chi connectivity index (χ0n) is 11.1. The Morgan fingerprint density at radius 1 is 1.33 bits per heavy atom. The van der Waals surface area contributed by atoms with Crippen LogP contribution in [0.2, 0.25) is 0 Å². The quantitative estimate of drug-likeness (QED) is 0.882. The monoisotopic (exact) mass is 250 g/mol. The maximum absolute atomic E-state index is 12.0. The van der Waals surface area contributed by atoms with Crippen LogP contribution in [0.25, 0.3) is 0 Å². The molecule has 0 aliphatic carbocycles. The summed E-state index contributed by atoms with van der Waals surface area (Å²) in [5.41, 5.74) is 5.86.